The second kappa shape index (κ2) is 12.5. The van der Waals surface area contributed by atoms with Crippen LogP contribution in [-0.2, 0) is 26.1 Å². The predicted molar refractivity (Wildman–Crippen MR) is 146 cm³/mol. The first kappa shape index (κ1) is 33.4. The van der Waals surface area contributed by atoms with Crippen molar-refractivity contribution >= 4 is 0 Å². The van der Waals surface area contributed by atoms with Crippen LogP contribution in [0.4, 0.5) is 26.3 Å². The van der Waals surface area contributed by atoms with E-state index in [2.05, 4.69) is 0 Å². The van der Waals surface area contributed by atoms with Crippen molar-refractivity contribution in [3.63, 3.8) is 0 Å². The van der Waals surface area contributed by atoms with Gasteiger partial charge in [0.2, 0.25) is 0 Å². The van der Waals surface area contributed by atoms with Crippen molar-refractivity contribution < 1.29 is 50.4 Å². The molecule has 0 aromatic heterocycles. The Morgan fingerprint density at radius 2 is 1.07 bits per heavy atom. The molecule has 0 fully saturated rings. The molecule has 0 radical (unpaired) electrons. The lowest BCUT2D eigenvalue weighted by atomic mass is 9.78. The number of rotatable bonds is 12. The van der Waals surface area contributed by atoms with Crippen molar-refractivity contribution in [3.8, 4) is 0 Å². The lowest BCUT2D eigenvalue weighted by Crippen LogP contribution is -2.60. The average Bonchev–Trinajstić information content (AvgIpc) is 2.97. The van der Waals surface area contributed by atoms with E-state index in [1.165, 1.54) is 13.8 Å². The number of hydrogen-bond acceptors (Lipinski definition) is 7. The third-order valence-electron chi connectivity index (χ3n) is 7.46. The number of nitrogens with zero attached hydrogens (tertiary/aromatic N) is 2. The van der Waals surface area contributed by atoms with Crippen LogP contribution in [-0.4, -0.2) is 46.3 Å². The van der Waals surface area contributed by atoms with Crippen LogP contribution in [0.25, 0.3) is 0 Å². The Hall–Kier alpha value is -4.50. The van der Waals surface area contributed by atoms with E-state index in [0.29, 0.717) is 24.3 Å². The zero-order valence-corrected chi connectivity index (χ0v) is 23.7. The summed E-state index contributed by atoms with van der Waals surface area (Å²) in [5.41, 5.74) is -9.19. The molecule has 15 heteroatoms. The van der Waals surface area contributed by atoms with Crippen molar-refractivity contribution in [1.29, 1.82) is 0 Å². The van der Waals surface area contributed by atoms with Gasteiger partial charge in [-0.15, -0.1) is 0 Å². The van der Waals surface area contributed by atoms with Crippen LogP contribution in [0.1, 0.15) is 25.0 Å². The summed E-state index contributed by atoms with van der Waals surface area (Å²) in [6.07, 6.45) is 0.133. The minimum absolute atomic E-state index is 0.295. The second-order valence-corrected chi connectivity index (χ2v) is 9.93. The van der Waals surface area contributed by atoms with Crippen molar-refractivity contribution in [2.24, 2.45) is 0 Å². The lowest BCUT2D eigenvalue weighted by molar-refractivity contribution is -0.599. The standard InChI is InChI=1S/C30H26F6N2O7/c1-3-43-25-17-19(13-15-27(25,37(39)40)29(33,34)21-9-5-7-11-23(21)31)45-20-14-16-28(38(41)42,26(18-20)44-4-2)30(35,36)22-10-6-8-12-24(22)32/h5-18,25-26H,3-4H2,1-2H3. The fourth-order valence-corrected chi connectivity index (χ4v) is 5.24. The molecular formula is C30H26F6N2O7. The minimum Gasteiger partial charge on any atom is -0.458 e. The van der Waals surface area contributed by atoms with E-state index in [1.807, 2.05) is 0 Å². The van der Waals surface area contributed by atoms with Crippen LogP contribution >= 0.6 is 0 Å². The van der Waals surface area contributed by atoms with Crippen LogP contribution in [0, 0.1) is 31.9 Å². The summed E-state index contributed by atoms with van der Waals surface area (Å²) in [5.74, 6) is -12.4. The lowest BCUT2D eigenvalue weighted by Gasteiger charge is -2.38. The fourth-order valence-electron chi connectivity index (χ4n) is 5.24. The Balaban J connectivity index is 1.74. The first-order valence-corrected chi connectivity index (χ1v) is 13.5. The normalized spacial score (nSPS) is 25.0. The molecule has 2 aliphatic rings. The highest BCUT2D eigenvalue weighted by Crippen LogP contribution is 2.50. The smallest absolute Gasteiger partial charge is 0.351 e. The van der Waals surface area contributed by atoms with Gasteiger partial charge in [0.25, 0.3) is 0 Å². The van der Waals surface area contributed by atoms with Gasteiger partial charge in [0.15, 0.2) is 12.2 Å². The maximum absolute atomic E-state index is 15.9. The monoisotopic (exact) mass is 640 g/mol. The van der Waals surface area contributed by atoms with Crippen molar-refractivity contribution in [1.82, 2.24) is 0 Å². The molecule has 9 nitrogen and oxygen atoms in total. The molecule has 0 heterocycles. The van der Waals surface area contributed by atoms with E-state index < -0.39 is 67.7 Å². The third kappa shape index (κ3) is 5.39. The van der Waals surface area contributed by atoms with E-state index >= 15 is 17.6 Å². The molecule has 2 aromatic rings. The molecule has 0 aliphatic heterocycles. The molecule has 4 rings (SSSR count). The number of halogens is 6. The van der Waals surface area contributed by atoms with Crippen LogP contribution in [0.5, 0.6) is 0 Å². The first-order chi connectivity index (χ1) is 21.2. The molecule has 2 aromatic carbocycles. The summed E-state index contributed by atoms with van der Waals surface area (Å²) in [7, 11) is 0. The molecule has 0 saturated carbocycles. The zero-order chi connectivity index (χ0) is 33.2. The number of allylic oxidation sites excluding steroid dienone is 2. The van der Waals surface area contributed by atoms with Gasteiger partial charge in [-0.3, -0.25) is 20.2 Å². The Labute approximate surface area is 252 Å². The maximum atomic E-state index is 15.9. The molecule has 0 spiro atoms. The van der Waals surface area contributed by atoms with Crippen LogP contribution in [0.2, 0.25) is 0 Å². The van der Waals surface area contributed by atoms with E-state index in [9.17, 15) is 29.0 Å². The number of nitro groups is 2. The predicted octanol–water partition coefficient (Wildman–Crippen LogP) is 6.61. The van der Waals surface area contributed by atoms with Crippen molar-refractivity contribution in [2.75, 3.05) is 13.2 Å². The van der Waals surface area contributed by atoms with Gasteiger partial charge in [0.05, 0.1) is 11.1 Å². The Morgan fingerprint density at radius 3 is 1.38 bits per heavy atom. The first-order valence-electron chi connectivity index (χ1n) is 13.5. The van der Waals surface area contributed by atoms with E-state index in [-0.39, 0.29) is 24.7 Å². The molecule has 4 unspecified atom stereocenters. The SMILES string of the molecule is CCOC1C=C(OC2=CC(OCC)C([N+](=O)[O-])(C(F)(F)c3ccccc3F)C=C2)C=CC1([N+](=O)[O-])C(F)(F)c1ccccc1F. The van der Waals surface area contributed by atoms with E-state index in [0.717, 1.165) is 60.7 Å². The van der Waals surface area contributed by atoms with Gasteiger partial charge in [0, 0.05) is 35.2 Å². The van der Waals surface area contributed by atoms with Gasteiger partial charge in [-0.1, -0.05) is 24.3 Å². The fraction of sp³-hybridized carbons (Fsp3) is 0.333. The Bertz CT molecular complexity index is 1480. The number of alkyl halides is 4. The summed E-state index contributed by atoms with van der Waals surface area (Å²) in [4.78, 5) is 21.9. The topological polar surface area (TPSA) is 114 Å². The quantitative estimate of drug-likeness (QED) is 0.146. The van der Waals surface area contributed by atoms with Crippen LogP contribution < -0.4 is 0 Å². The summed E-state index contributed by atoms with van der Waals surface area (Å²) in [6.45, 7) is 2.17. The highest BCUT2D eigenvalue weighted by Gasteiger charge is 2.71. The molecule has 0 amide bonds. The number of ether oxygens (including phenoxy) is 3. The molecule has 0 saturated heterocycles. The number of benzene rings is 2. The minimum atomic E-state index is -4.45. The highest BCUT2D eigenvalue weighted by atomic mass is 19.3. The maximum Gasteiger partial charge on any atom is 0.351 e. The molecule has 4 atom stereocenters. The Morgan fingerprint density at radius 1 is 0.711 bits per heavy atom. The molecule has 2 aliphatic carbocycles. The molecule has 0 N–H and O–H groups in total. The molecule has 45 heavy (non-hydrogen) atoms. The van der Waals surface area contributed by atoms with Gasteiger partial charge in [-0.2, -0.15) is 17.6 Å². The van der Waals surface area contributed by atoms with Gasteiger partial charge in [-0.05, 0) is 62.4 Å². The highest BCUT2D eigenvalue weighted by molar-refractivity contribution is 5.40. The summed E-state index contributed by atoms with van der Waals surface area (Å²) < 4.78 is 109. The molecular weight excluding hydrogens is 614 g/mol. The summed E-state index contributed by atoms with van der Waals surface area (Å²) in [6, 6.07) is 7.30. The zero-order valence-electron chi connectivity index (χ0n) is 23.7. The Kier molecular flexibility index (Phi) is 9.26. The summed E-state index contributed by atoms with van der Waals surface area (Å²) >= 11 is 0. The molecule has 240 valence electrons. The average molecular weight is 641 g/mol. The van der Waals surface area contributed by atoms with Gasteiger partial charge >= 0.3 is 22.9 Å². The third-order valence-corrected chi connectivity index (χ3v) is 7.46. The second-order valence-electron chi connectivity index (χ2n) is 9.93. The van der Waals surface area contributed by atoms with Crippen molar-refractivity contribution in [2.45, 2.75) is 49.0 Å². The van der Waals surface area contributed by atoms with Gasteiger partial charge in [0.1, 0.15) is 23.2 Å². The van der Waals surface area contributed by atoms with Crippen LogP contribution in [0.15, 0.2) is 96.5 Å². The van der Waals surface area contributed by atoms with Crippen LogP contribution in [0.3, 0.4) is 0 Å². The van der Waals surface area contributed by atoms with Crippen molar-refractivity contribution in [3.05, 3.63) is 139 Å². The molecule has 0 bridgehead atoms. The van der Waals surface area contributed by atoms with Gasteiger partial charge < -0.3 is 14.2 Å². The largest absolute Gasteiger partial charge is 0.458 e. The number of hydrogen-bond donors (Lipinski definition) is 0. The summed E-state index contributed by atoms with van der Waals surface area (Å²) in [5, 5.41) is 24.6. The van der Waals surface area contributed by atoms with E-state index in [1.54, 1.807) is 0 Å². The van der Waals surface area contributed by atoms with E-state index in [4.69, 9.17) is 14.2 Å². The van der Waals surface area contributed by atoms with Gasteiger partial charge in [-0.25, -0.2) is 8.78 Å².